The molecular formula is C18H25ClN4O4. The average Bonchev–Trinajstić information content (AvgIpc) is 3.07. The largest absolute Gasteiger partial charge is 0.481 e. The summed E-state index contributed by atoms with van der Waals surface area (Å²) in [5.74, 6) is -1.29. The summed E-state index contributed by atoms with van der Waals surface area (Å²) in [6.45, 7) is 3.88. The number of likely N-dealkylation sites (tertiary alicyclic amines) is 2. The Hall–Kier alpha value is -2.22. The number of hydrogen-bond donors (Lipinski definition) is 3. The van der Waals surface area contributed by atoms with Gasteiger partial charge in [0.25, 0.3) is 5.91 Å². The summed E-state index contributed by atoms with van der Waals surface area (Å²) in [6, 6.07) is 1.37. The third-order valence-electron chi connectivity index (χ3n) is 5.28. The number of amides is 3. The Morgan fingerprint density at radius 2 is 1.93 bits per heavy atom. The minimum absolute atomic E-state index is 0.0192. The Morgan fingerprint density at radius 3 is 2.52 bits per heavy atom. The van der Waals surface area contributed by atoms with Gasteiger partial charge in [-0.25, -0.2) is 4.79 Å². The first-order valence-electron chi connectivity index (χ1n) is 9.25. The van der Waals surface area contributed by atoms with E-state index in [1.807, 2.05) is 6.92 Å². The quantitative estimate of drug-likeness (QED) is 0.726. The van der Waals surface area contributed by atoms with Gasteiger partial charge in [-0.2, -0.15) is 0 Å². The summed E-state index contributed by atoms with van der Waals surface area (Å²) in [6.07, 6.45) is 3.50. The molecule has 2 fully saturated rings. The number of carboxylic acid groups (broad SMARTS) is 1. The zero-order valence-electron chi connectivity index (χ0n) is 15.3. The topological polar surface area (TPSA) is 106 Å². The summed E-state index contributed by atoms with van der Waals surface area (Å²) in [5.41, 5.74) is 0.463. The molecule has 2 atom stereocenters. The Kier molecular flexibility index (Phi) is 5.94. The lowest BCUT2D eigenvalue weighted by Crippen LogP contribution is -2.53. The molecule has 3 heterocycles. The Bertz CT molecular complexity index is 714. The van der Waals surface area contributed by atoms with E-state index in [1.54, 1.807) is 22.1 Å². The lowest BCUT2D eigenvalue weighted by molar-refractivity contribution is -0.143. The van der Waals surface area contributed by atoms with Gasteiger partial charge in [-0.3, -0.25) is 9.59 Å². The Balaban J connectivity index is 1.49. The molecule has 27 heavy (non-hydrogen) atoms. The summed E-state index contributed by atoms with van der Waals surface area (Å²) in [5, 5.41) is 12.7. The molecule has 1 aromatic heterocycles. The Labute approximate surface area is 162 Å². The molecule has 0 aromatic carbocycles. The highest BCUT2D eigenvalue weighted by atomic mass is 35.5. The second-order valence-corrected chi connectivity index (χ2v) is 7.96. The van der Waals surface area contributed by atoms with Crippen molar-refractivity contribution in [2.24, 2.45) is 11.8 Å². The molecule has 2 saturated heterocycles. The van der Waals surface area contributed by atoms with Crippen LogP contribution in [0.2, 0.25) is 5.02 Å². The average molecular weight is 397 g/mol. The van der Waals surface area contributed by atoms with Crippen molar-refractivity contribution in [1.29, 1.82) is 0 Å². The molecule has 3 N–H and O–H groups in total. The molecule has 3 rings (SSSR count). The van der Waals surface area contributed by atoms with Gasteiger partial charge in [0, 0.05) is 38.4 Å². The van der Waals surface area contributed by atoms with Crippen LogP contribution in [0.5, 0.6) is 0 Å². The SMILES string of the molecule is CC1CC(C(=O)O)CN(C(=O)NC2CCN(C(=O)c3cc(Cl)c[nH]3)CC2)C1. The van der Waals surface area contributed by atoms with E-state index >= 15 is 0 Å². The molecule has 2 aliphatic heterocycles. The van der Waals surface area contributed by atoms with E-state index < -0.39 is 11.9 Å². The fourth-order valence-corrected chi connectivity index (χ4v) is 4.01. The summed E-state index contributed by atoms with van der Waals surface area (Å²) in [4.78, 5) is 42.4. The predicted octanol–water partition coefficient (Wildman–Crippen LogP) is 2.02. The lowest BCUT2D eigenvalue weighted by Gasteiger charge is -2.37. The minimum Gasteiger partial charge on any atom is -0.481 e. The summed E-state index contributed by atoms with van der Waals surface area (Å²) in [7, 11) is 0. The van der Waals surface area contributed by atoms with Gasteiger partial charge in [-0.1, -0.05) is 18.5 Å². The number of piperidine rings is 2. The molecule has 2 unspecified atom stereocenters. The van der Waals surface area contributed by atoms with Crippen molar-refractivity contribution in [2.75, 3.05) is 26.2 Å². The van der Waals surface area contributed by atoms with Crippen LogP contribution in [0.3, 0.4) is 0 Å². The maximum atomic E-state index is 12.5. The number of hydrogen-bond acceptors (Lipinski definition) is 3. The van der Waals surface area contributed by atoms with Crippen molar-refractivity contribution >= 4 is 29.5 Å². The first-order chi connectivity index (χ1) is 12.8. The van der Waals surface area contributed by atoms with Gasteiger partial charge in [0.1, 0.15) is 5.69 Å². The lowest BCUT2D eigenvalue weighted by atomic mass is 9.91. The normalized spacial score (nSPS) is 23.9. The number of rotatable bonds is 3. The monoisotopic (exact) mass is 396 g/mol. The number of aliphatic carboxylic acids is 1. The van der Waals surface area contributed by atoms with Crippen LogP contribution in [0.15, 0.2) is 12.3 Å². The molecule has 2 aliphatic rings. The molecule has 0 spiro atoms. The number of nitrogens with zero attached hydrogens (tertiary/aromatic N) is 2. The van der Waals surface area contributed by atoms with Crippen molar-refractivity contribution in [2.45, 2.75) is 32.2 Å². The van der Waals surface area contributed by atoms with Crippen molar-refractivity contribution < 1.29 is 19.5 Å². The number of aromatic nitrogens is 1. The fourth-order valence-electron chi connectivity index (χ4n) is 3.85. The van der Waals surface area contributed by atoms with E-state index in [4.69, 9.17) is 11.6 Å². The molecule has 8 nitrogen and oxygen atoms in total. The molecule has 9 heteroatoms. The zero-order chi connectivity index (χ0) is 19.6. The number of halogens is 1. The van der Waals surface area contributed by atoms with Crippen LogP contribution in [0.25, 0.3) is 0 Å². The minimum atomic E-state index is -0.851. The maximum Gasteiger partial charge on any atom is 0.317 e. The van der Waals surface area contributed by atoms with Gasteiger partial charge in [0.2, 0.25) is 0 Å². The van der Waals surface area contributed by atoms with E-state index in [2.05, 4.69) is 10.3 Å². The number of aromatic amines is 1. The first kappa shape index (κ1) is 19.5. The van der Waals surface area contributed by atoms with Crippen molar-refractivity contribution in [3.8, 4) is 0 Å². The van der Waals surface area contributed by atoms with Crippen LogP contribution >= 0.6 is 11.6 Å². The highest BCUT2D eigenvalue weighted by molar-refractivity contribution is 6.30. The number of carbonyl (C=O) groups is 3. The fraction of sp³-hybridized carbons (Fsp3) is 0.611. The molecule has 0 aliphatic carbocycles. The predicted molar refractivity (Wildman–Crippen MR) is 99.7 cm³/mol. The van der Waals surface area contributed by atoms with Crippen LogP contribution in [0.1, 0.15) is 36.7 Å². The molecule has 0 radical (unpaired) electrons. The smallest absolute Gasteiger partial charge is 0.317 e. The highest BCUT2D eigenvalue weighted by Crippen LogP contribution is 2.22. The van der Waals surface area contributed by atoms with Gasteiger partial charge < -0.3 is 25.2 Å². The van der Waals surface area contributed by atoms with Crippen LogP contribution < -0.4 is 5.32 Å². The maximum absolute atomic E-state index is 12.5. The van der Waals surface area contributed by atoms with Gasteiger partial charge >= 0.3 is 12.0 Å². The Morgan fingerprint density at radius 1 is 1.22 bits per heavy atom. The van der Waals surface area contributed by atoms with Gasteiger partial charge in [0.15, 0.2) is 0 Å². The first-order valence-corrected chi connectivity index (χ1v) is 9.62. The molecule has 0 saturated carbocycles. The second-order valence-electron chi connectivity index (χ2n) is 7.53. The van der Waals surface area contributed by atoms with Crippen LogP contribution in [0.4, 0.5) is 4.79 Å². The summed E-state index contributed by atoms with van der Waals surface area (Å²) < 4.78 is 0. The number of carboxylic acids is 1. The van der Waals surface area contributed by atoms with E-state index in [9.17, 15) is 19.5 Å². The second kappa shape index (κ2) is 8.21. The highest BCUT2D eigenvalue weighted by Gasteiger charge is 2.33. The molecule has 1 aromatic rings. The third kappa shape index (κ3) is 4.74. The van der Waals surface area contributed by atoms with Gasteiger partial charge in [0.05, 0.1) is 10.9 Å². The van der Waals surface area contributed by atoms with Gasteiger partial charge in [-0.15, -0.1) is 0 Å². The number of H-pyrrole nitrogens is 1. The molecule has 3 amide bonds. The number of urea groups is 1. The number of nitrogens with one attached hydrogen (secondary N) is 2. The van der Waals surface area contributed by atoms with E-state index in [-0.39, 0.29) is 30.4 Å². The molecule has 0 bridgehead atoms. The van der Waals surface area contributed by atoms with Crippen LogP contribution in [-0.2, 0) is 4.79 Å². The van der Waals surface area contributed by atoms with Crippen molar-refractivity contribution in [3.05, 3.63) is 23.0 Å². The molecule has 148 valence electrons. The van der Waals surface area contributed by atoms with Gasteiger partial charge in [-0.05, 0) is 31.2 Å². The van der Waals surface area contributed by atoms with E-state index in [0.717, 1.165) is 0 Å². The van der Waals surface area contributed by atoms with E-state index in [0.29, 0.717) is 49.6 Å². The number of carbonyl (C=O) groups excluding carboxylic acids is 2. The standard InChI is InChI=1S/C18H25ClN4O4/c1-11-6-12(17(25)26)10-23(9-11)18(27)21-14-2-4-22(5-3-14)16(24)15-7-13(19)8-20-15/h7-8,11-12,14,20H,2-6,9-10H2,1H3,(H,21,27)(H,25,26). The van der Waals surface area contributed by atoms with Crippen LogP contribution in [0, 0.1) is 11.8 Å². The summed E-state index contributed by atoms with van der Waals surface area (Å²) >= 11 is 5.85. The van der Waals surface area contributed by atoms with Crippen molar-refractivity contribution in [1.82, 2.24) is 20.1 Å². The van der Waals surface area contributed by atoms with E-state index in [1.165, 1.54) is 0 Å². The van der Waals surface area contributed by atoms with Crippen molar-refractivity contribution in [3.63, 3.8) is 0 Å². The third-order valence-corrected chi connectivity index (χ3v) is 5.50. The zero-order valence-corrected chi connectivity index (χ0v) is 16.0. The van der Waals surface area contributed by atoms with Crippen LogP contribution in [-0.4, -0.2) is 70.0 Å². The molecular weight excluding hydrogens is 372 g/mol.